The number of rotatable bonds is 1. The van der Waals surface area contributed by atoms with E-state index < -0.39 is 10.0 Å². The van der Waals surface area contributed by atoms with Crippen LogP contribution in [0.25, 0.3) is 0 Å². The summed E-state index contributed by atoms with van der Waals surface area (Å²) in [5, 5.41) is 0. The van der Waals surface area contributed by atoms with Crippen molar-refractivity contribution in [3.63, 3.8) is 0 Å². The fourth-order valence-electron chi connectivity index (χ4n) is 2.52. The highest BCUT2D eigenvalue weighted by Gasteiger charge is 2.27. The third-order valence-electron chi connectivity index (χ3n) is 3.86. The first-order chi connectivity index (χ1) is 9.94. The fraction of sp³-hybridized carbons (Fsp3) is 0.538. The number of fused-ring (bicyclic) bond motifs is 1. The summed E-state index contributed by atoms with van der Waals surface area (Å²) >= 11 is 0. The summed E-state index contributed by atoms with van der Waals surface area (Å²) in [7, 11) is -1.31. The van der Waals surface area contributed by atoms with E-state index >= 15 is 0 Å². The molecule has 0 radical (unpaired) electrons. The first-order valence-electron chi connectivity index (χ1n) is 6.92. The minimum atomic E-state index is -3.35. The molecule has 0 atom stereocenters. The molecule has 0 aliphatic carbocycles. The molecule has 3 heterocycles. The Kier molecular flexibility index (Phi) is 3.58. The van der Waals surface area contributed by atoms with Crippen LogP contribution in [0.3, 0.4) is 0 Å². The molecule has 1 amide bonds. The van der Waals surface area contributed by atoms with Crippen molar-refractivity contribution in [2.24, 2.45) is 4.40 Å². The summed E-state index contributed by atoms with van der Waals surface area (Å²) in [6.07, 6.45) is 4.95. The monoisotopic (exact) mass is 310 g/mol. The van der Waals surface area contributed by atoms with Crippen molar-refractivity contribution in [2.75, 3.05) is 45.5 Å². The van der Waals surface area contributed by atoms with Crippen molar-refractivity contribution in [3.8, 4) is 0 Å². The number of amidine groups is 1. The Labute approximate surface area is 124 Å². The van der Waals surface area contributed by atoms with E-state index in [1.54, 1.807) is 23.3 Å². The second kappa shape index (κ2) is 5.27. The van der Waals surface area contributed by atoms with Crippen LogP contribution in [-0.4, -0.2) is 80.4 Å². The quantitative estimate of drug-likeness (QED) is 0.638. The van der Waals surface area contributed by atoms with Crippen LogP contribution in [0.2, 0.25) is 0 Å². The first-order valence-corrected chi connectivity index (χ1v) is 8.52. The van der Waals surface area contributed by atoms with E-state index in [1.165, 1.54) is 0 Å². The lowest BCUT2D eigenvalue weighted by atomic mass is 10.1. The maximum atomic E-state index is 12.5. The van der Waals surface area contributed by atoms with Crippen molar-refractivity contribution < 1.29 is 13.2 Å². The van der Waals surface area contributed by atoms with E-state index in [0.717, 1.165) is 26.2 Å². The highest BCUT2D eigenvalue weighted by atomic mass is 32.2. The number of carbonyl (C=O) groups is 1. The van der Waals surface area contributed by atoms with Crippen LogP contribution < -0.4 is 0 Å². The van der Waals surface area contributed by atoms with E-state index in [4.69, 9.17) is 0 Å². The molecule has 1 fully saturated rings. The van der Waals surface area contributed by atoms with E-state index in [9.17, 15) is 13.2 Å². The Morgan fingerprint density at radius 2 is 1.86 bits per heavy atom. The van der Waals surface area contributed by atoms with Gasteiger partial charge in [0.15, 0.2) is 0 Å². The molecule has 8 heteroatoms. The SMILES string of the molecule is CN1CCN(C(=O)C2=CN3CCS(=O)(=O)N=C3C=C2)CC1. The number of carbonyl (C=O) groups excluding carboxylic acids is 1. The molecule has 0 aromatic rings. The minimum absolute atomic E-state index is 0.00756. The van der Waals surface area contributed by atoms with Crippen molar-refractivity contribution in [1.29, 1.82) is 0 Å². The van der Waals surface area contributed by atoms with Gasteiger partial charge >= 0.3 is 0 Å². The zero-order valence-electron chi connectivity index (χ0n) is 11.9. The second-order valence-electron chi connectivity index (χ2n) is 5.44. The molecule has 0 saturated carbocycles. The van der Waals surface area contributed by atoms with E-state index in [1.807, 2.05) is 11.9 Å². The van der Waals surface area contributed by atoms with Gasteiger partial charge in [-0.25, -0.2) is 8.42 Å². The fourth-order valence-corrected chi connectivity index (χ4v) is 3.49. The summed E-state index contributed by atoms with van der Waals surface area (Å²) in [6, 6.07) is 0. The Morgan fingerprint density at radius 3 is 2.57 bits per heavy atom. The molecule has 3 aliphatic rings. The summed E-state index contributed by atoms with van der Waals surface area (Å²) in [5.41, 5.74) is 0.581. The molecule has 1 saturated heterocycles. The van der Waals surface area contributed by atoms with Crippen LogP contribution in [0.15, 0.2) is 28.3 Å². The van der Waals surface area contributed by atoms with E-state index in [-0.39, 0.29) is 11.7 Å². The number of sulfonamides is 1. The van der Waals surface area contributed by atoms with Crippen LogP contribution in [0, 0.1) is 0 Å². The van der Waals surface area contributed by atoms with Gasteiger partial charge in [0.1, 0.15) is 5.84 Å². The third kappa shape index (κ3) is 3.01. The molecule has 7 nitrogen and oxygen atoms in total. The number of amides is 1. The van der Waals surface area contributed by atoms with Crippen LogP contribution in [0.5, 0.6) is 0 Å². The highest BCUT2D eigenvalue weighted by molar-refractivity contribution is 7.90. The standard InChI is InChI=1S/C13H18N4O3S/c1-15-4-6-16(7-5-15)13(18)11-2-3-12-14-21(19,20)9-8-17(12)10-11/h2-3,10H,4-9H2,1H3. The molecular weight excluding hydrogens is 292 g/mol. The van der Waals surface area contributed by atoms with E-state index in [0.29, 0.717) is 18.0 Å². The Morgan fingerprint density at radius 1 is 1.14 bits per heavy atom. The molecule has 0 aromatic carbocycles. The minimum Gasteiger partial charge on any atom is -0.336 e. The molecular formula is C13H18N4O3S. The van der Waals surface area contributed by atoms with Crippen LogP contribution >= 0.6 is 0 Å². The third-order valence-corrected chi connectivity index (χ3v) is 5.03. The zero-order valence-corrected chi connectivity index (χ0v) is 12.7. The molecule has 0 N–H and O–H groups in total. The van der Waals surface area contributed by atoms with Crippen molar-refractivity contribution >= 4 is 21.8 Å². The summed E-state index contributed by atoms with van der Waals surface area (Å²) in [6.45, 7) is 3.52. The van der Waals surface area contributed by atoms with Gasteiger partial charge < -0.3 is 14.7 Å². The van der Waals surface area contributed by atoms with Gasteiger partial charge in [0, 0.05) is 38.9 Å². The van der Waals surface area contributed by atoms with Crippen molar-refractivity contribution in [1.82, 2.24) is 14.7 Å². The largest absolute Gasteiger partial charge is 0.336 e. The first kappa shape index (κ1) is 14.3. The highest BCUT2D eigenvalue weighted by Crippen LogP contribution is 2.17. The van der Waals surface area contributed by atoms with Gasteiger partial charge in [-0.3, -0.25) is 4.79 Å². The molecule has 0 spiro atoms. The number of hydrogen-bond donors (Lipinski definition) is 0. The van der Waals surface area contributed by atoms with Gasteiger partial charge in [0.25, 0.3) is 15.9 Å². The van der Waals surface area contributed by atoms with Crippen LogP contribution in [-0.2, 0) is 14.8 Å². The normalized spacial score (nSPS) is 25.2. The van der Waals surface area contributed by atoms with Gasteiger partial charge in [0.05, 0.1) is 11.3 Å². The Balaban J connectivity index is 1.75. The second-order valence-corrected chi connectivity index (χ2v) is 7.20. The zero-order chi connectivity index (χ0) is 15.0. The maximum absolute atomic E-state index is 12.5. The summed E-state index contributed by atoms with van der Waals surface area (Å²) in [4.78, 5) is 18.2. The van der Waals surface area contributed by atoms with Crippen molar-refractivity contribution in [3.05, 3.63) is 23.9 Å². The molecule has 114 valence electrons. The summed E-state index contributed by atoms with van der Waals surface area (Å²) in [5.74, 6) is 0.361. The van der Waals surface area contributed by atoms with Crippen LogP contribution in [0.4, 0.5) is 0 Å². The van der Waals surface area contributed by atoms with Gasteiger partial charge in [-0.2, -0.15) is 0 Å². The number of nitrogens with zero attached hydrogens (tertiary/aromatic N) is 4. The number of piperazine rings is 1. The Hall–Kier alpha value is -1.67. The van der Waals surface area contributed by atoms with Gasteiger partial charge in [-0.15, -0.1) is 4.40 Å². The number of hydrogen-bond acceptors (Lipinski definition) is 5. The molecule has 21 heavy (non-hydrogen) atoms. The molecule has 0 bridgehead atoms. The van der Waals surface area contributed by atoms with E-state index in [2.05, 4.69) is 9.30 Å². The predicted octanol–water partition coefficient (Wildman–Crippen LogP) is -0.742. The van der Waals surface area contributed by atoms with Gasteiger partial charge in [0.2, 0.25) is 0 Å². The maximum Gasteiger partial charge on any atom is 0.256 e. The molecule has 0 aromatic heterocycles. The lowest BCUT2D eigenvalue weighted by Gasteiger charge is -2.34. The average molecular weight is 310 g/mol. The average Bonchev–Trinajstić information content (AvgIpc) is 2.46. The van der Waals surface area contributed by atoms with Crippen molar-refractivity contribution in [2.45, 2.75) is 0 Å². The van der Waals surface area contributed by atoms with Gasteiger partial charge in [-0.1, -0.05) is 0 Å². The van der Waals surface area contributed by atoms with Gasteiger partial charge in [-0.05, 0) is 19.2 Å². The number of likely N-dealkylation sites (N-methyl/N-ethyl adjacent to an activating group) is 1. The lowest BCUT2D eigenvalue weighted by Crippen LogP contribution is -2.48. The predicted molar refractivity (Wildman–Crippen MR) is 79.2 cm³/mol. The molecule has 3 rings (SSSR count). The Bertz CT molecular complexity index is 642. The molecule has 3 aliphatic heterocycles. The lowest BCUT2D eigenvalue weighted by molar-refractivity contribution is -0.128. The summed E-state index contributed by atoms with van der Waals surface area (Å²) < 4.78 is 26.6. The smallest absolute Gasteiger partial charge is 0.256 e. The van der Waals surface area contributed by atoms with Crippen LogP contribution in [0.1, 0.15) is 0 Å². The molecule has 0 unspecified atom stereocenters. The topological polar surface area (TPSA) is 73.3 Å².